The van der Waals surface area contributed by atoms with E-state index in [1.54, 1.807) is 18.2 Å². The maximum Gasteiger partial charge on any atom is 0.228 e. The van der Waals surface area contributed by atoms with Crippen molar-refractivity contribution in [2.75, 3.05) is 5.32 Å². The van der Waals surface area contributed by atoms with Gasteiger partial charge in [-0.1, -0.05) is 17.7 Å². The van der Waals surface area contributed by atoms with Gasteiger partial charge in [0.2, 0.25) is 5.95 Å². The Bertz CT molecular complexity index is 603. The summed E-state index contributed by atoms with van der Waals surface area (Å²) in [6, 6.07) is 6.77. The van der Waals surface area contributed by atoms with Gasteiger partial charge in [-0.2, -0.15) is 0 Å². The zero-order valence-corrected chi connectivity index (χ0v) is 10.2. The Balaban J connectivity index is 1.92. The second-order valence-electron chi connectivity index (χ2n) is 4.04. The summed E-state index contributed by atoms with van der Waals surface area (Å²) < 4.78 is 0. The molecule has 0 spiro atoms. The third kappa shape index (κ3) is 2.10. The van der Waals surface area contributed by atoms with Gasteiger partial charge in [-0.15, -0.1) is 0 Å². The average molecular weight is 263 g/mol. The van der Waals surface area contributed by atoms with Gasteiger partial charge in [-0.3, -0.25) is 0 Å². The zero-order chi connectivity index (χ0) is 12.5. The topological polar surface area (TPSA) is 70.1 Å². The molecule has 0 bridgehead atoms. The molecule has 0 saturated carbocycles. The van der Waals surface area contributed by atoms with E-state index < -0.39 is 0 Å². The minimum atomic E-state index is 0.189. The molecule has 3 N–H and O–H groups in total. The quantitative estimate of drug-likeness (QED) is 0.724. The van der Waals surface area contributed by atoms with Gasteiger partial charge in [-0.05, 0) is 12.1 Å². The van der Waals surface area contributed by atoms with Crippen LogP contribution in [-0.2, 0) is 13.1 Å². The number of phenolic OH excluding ortho intramolecular Hbond substituents is 1. The van der Waals surface area contributed by atoms with Crippen molar-refractivity contribution < 1.29 is 5.11 Å². The number of hydrogen-bond donors (Lipinski definition) is 3. The lowest BCUT2D eigenvalue weighted by Crippen LogP contribution is -2.02. The van der Waals surface area contributed by atoms with Crippen LogP contribution in [0.3, 0.4) is 0 Å². The number of rotatable bonds is 2. The minimum absolute atomic E-state index is 0.189. The summed E-state index contributed by atoms with van der Waals surface area (Å²) in [6.07, 6.45) is 0. The van der Waals surface area contributed by atoms with Crippen LogP contribution >= 0.6 is 11.6 Å². The van der Waals surface area contributed by atoms with E-state index in [-0.39, 0.29) is 5.75 Å². The summed E-state index contributed by atoms with van der Waals surface area (Å²) in [6.45, 7) is 1.41. The van der Waals surface area contributed by atoms with Gasteiger partial charge in [0.25, 0.3) is 0 Å². The first-order valence-corrected chi connectivity index (χ1v) is 5.92. The highest BCUT2D eigenvalue weighted by molar-refractivity contribution is 6.30. The Hall–Kier alpha value is -1.85. The summed E-state index contributed by atoms with van der Waals surface area (Å²) in [5.41, 5.74) is 2.59. The van der Waals surface area contributed by atoms with Gasteiger partial charge >= 0.3 is 0 Å². The summed E-state index contributed by atoms with van der Waals surface area (Å²) >= 11 is 6.09. The number of aromatic nitrogens is 2. The predicted octanol–water partition coefficient (Wildman–Crippen LogP) is 2.18. The third-order valence-electron chi connectivity index (χ3n) is 2.74. The molecule has 1 aromatic carbocycles. The van der Waals surface area contributed by atoms with Gasteiger partial charge in [0, 0.05) is 30.4 Å². The Morgan fingerprint density at radius 3 is 3.00 bits per heavy atom. The molecule has 0 aliphatic carbocycles. The second-order valence-corrected chi connectivity index (χ2v) is 4.40. The smallest absolute Gasteiger partial charge is 0.228 e. The number of fused-ring (bicyclic) bond motifs is 1. The highest BCUT2D eigenvalue weighted by Gasteiger charge is 2.17. The number of halogens is 1. The molecule has 0 unspecified atom stereocenters. The summed E-state index contributed by atoms with van der Waals surface area (Å²) in [4.78, 5) is 8.58. The normalized spacial score (nSPS) is 13.4. The van der Waals surface area contributed by atoms with E-state index in [1.807, 2.05) is 6.07 Å². The van der Waals surface area contributed by atoms with Crippen molar-refractivity contribution in [3.8, 4) is 5.75 Å². The van der Waals surface area contributed by atoms with E-state index >= 15 is 0 Å². The minimum Gasteiger partial charge on any atom is -0.508 e. The first-order valence-electron chi connectivity index (χ1n) is 5.54. The fraction of sp³-hybridized carbons (Fsp3) is 0.167. The Labute approximate surface area is 109 Å². The van der Waals surface area contributed by atoms with Gasteiger partial charge in [0.05, 0.1) is 5.69 Å². The van der Waals surface area contributed by atoms with Crippen molar-refractivity contribution in [2.24, 2.45) is 0 Å². The highest BCUT2D eigenvalue weighted by atomic mass is 35.5. The summed E-state index contributed by atoms with van der Waals surface area (Å²) in [5, 5.41) is 16.0. The second kappa shape index (κ2) is 4.44. The number of phenols is 1. The van der Waals surface area contributed by atoms with Crippen LogP contribution in [0.4, 0.5) is 11.6 Å². The van der Waals surface area contributed by atoms with E-state index in [0.717, 1.165) is 16.9 Å². The van der Waals surface area contributed by atoms with E-state index in [2.05, 4.69) is 20.6 Å². The molecular formula is C12H11ClN4O. The van der Waals surface area contributed by atoms with E-state index in [1.165, 1.54) is 0 Å². The van der Waals surface area contributed by atoms with E-state index in [0.29, 0.717) is 24.2 Å². The molecule has 18 heavy (non-hydrogen) atoms. The molecule has 1 aromatic heterocycles. The highest BCUT2D eigenvalue weighted by Crippen LogP contribution is 2.24. The summed E-state index contributed by atoms with van der Waals surface area (Å²) in [7, 11) is 0. The third-order valence-corrected chi connectivity index (χ3v) is 3.05. The molecule has 92 valence electrons. The number of aromatic hydroxyl groups is 1. The molecule has 3 rings (SSSR count). The maximum atomic E-state index is 9.38. The first-order chi connectivity index (χ1) is 8.72. The fourth-order valence-corrected chi connectivity index (χ4v) is 2.15. The van der Waals surface area contributed by atoms with Crippen LogP contribution < -0.4 is 10.6 Å². The predicted molar refractivity (Wildman–Crippen MR) is 69.0 cm³/mol. The molecule has 2 heterocycles. The molecule has 0 radical (unpaired) electrons. The van der Waals surface area contributed by atoms with Crippen LogP contribution in [-0.4, -0.2) is 15.1 Å². The average Bonchev–Trinajstić information content (AvgIpc) is 2.77. The van der Waals surface area contributed by atoms with E-state index in [9.17, 15) is 5.11 Å². The SMILES string of the molecule is Oc1cccc(Nc2nc(Cl)c3c(n2)CNC3)c1. The van der Waals surface area contributed by atoms with Gasteiger partial charge in [-0.25, -0.2) is 9.97 Å². The Kier molecular flexibility index (Phi) is 2.77. The molecule has 0 saturated heterocycles. The molecule has 1 aliphatic rings. The van der Waals surface area contributed by atoms with Crippen molar-refractivity contribution in [3.63, 3.8) is 0 Å². The van der Waals surface area contributed by atoms with Crippen molar-refractivity contribution in [2.45, 2.75) is 13.1 Å². The molecule has 1 aliphatic heterocycles. The standard InChI is InChI=1S/C12H11ClN4O/c13-11-9-5-14-6-10(9)16-12(17-11)15-7-2-1-3-8(18)4-7/h1-4,14,18H,5-6H2,(H,15,16,17). The van der Waals surface area contributed by atoms with Gasteiger partial charge in [0.15, 0.2) is 0 Å². The molecule has 5 nitrogen and oxygen atoms in total. The van der Waals surface area contributed by atoms with Crippen molar-refractivity contribution in [3.05, 3.63) is 40.7 Å². The number of anilines is 2. The molecule has 0 atom stereocenters. The van der Waals surface area contributed by atoms with Crippen molar-refractivity contribution in [1.29, 1.82) is 0 Å². The monoisotopic (exact) mass is 262 g/mol. The molecule has 0 fully saturated rings. The number of nitrogens with one attached hydrogen (secondary N) is 2. The van der Waals surface area contributed by atoms with Crippen LogP contribution in [0.15, 0.2) is 24.3 Å². The van der Waals surface area contributed by atoms with Crippen LogP contribution in [0.2, 0.25) is 5.15 Å². The summed E-state index contributed by atoms with van der Waals surface area (Å²) in [5.74, 6) is 0.627. The molecule has 2 aromatic rings. The van der Waals surface area contributed by atoms with E-state index in [4.69, 9.17) is 11.6 Å². The van der Waals surface area contributed by atoms with Crippen molar-refractivity contribution in [1.82, 2.24) is 15.3 Å². The van der Waals surface area contributed by atoms with Crippen LogP contribution in [0.5, 0.6) is 5.75 Å². The van der Waals surface area contributed by atoms with Gasteiger partial charge in [0.1, 0.15) is 10.9 Å². The van der Waals surface area contributed by atoms with Gasteiger partial charge < -0.3 is 15.7 Å². The number of benzene rings is 1. The number of nitrogens with zero attached hydrogens (tertiary/aromatic N) is 2. The molecular weight excluding hydrogens is 252 g/mol. The zero-order valence-electron chi connectivity index (χ0n) is 9.44. The van der Waals surface area contributed by atoms with Crippen LogP contribution in [0.25, 0.3) is 0 Å². The largest absolute Gasteiger partial charge is 0.508 e. The van der Waals surface area contributed by atoms with Crippen molar-refractivity contribution >= 4 is 23.2 Å². The maximum absolute atomic E-state index is 9.38. The van der Waals surface area contributed by atoms with Crippen LogP contribution in [0.1, 0.15) is 11.3 Å². The molecule has 6 heteroatoms. The lowest BCUT2D eigenvalue weighted by atomic mass is 10.3. The molecule has 0 amide bonds. The lowest BCUT2D eigenvalue weighted by Gasteiger charge is -2.07. The Morgan fingerprint density at radius 1 is 1.28 bits per heavy atom. The number of hydrogen-bond acceptors (Lipinski definition) is 5. The first kappa shape index (κ1) is 11.3. The Morgan fingerprint density at radius 2 is 2.17 bits per heavy atom. The lowest BCUT2D eigenvalue weighted by molar-refractivity contribution is 0.475. The fourth-order valence-electron chi connectivity index (χ4n) is 1.90. The van der Waals surface area contributed by atoms with Crippen LogP contribution in [0, 0.1) is 0 Å².